The van der Waals surface area contributed by atoms with Crippen molar-refractivity contribution in [3.63, 3.8) is 0 Å². The zero-order valence-electron chi connectivity index (χ0n) is 16.9. The molecule has 0 fully saturated rings. The van der Waals surface area contributed by atoms with E-state index in [-0.39, 0.29) is 11.9 Å². The number of nitrogens with one attached hydrogen (secondary N) is 2. The molecule has 0 saturated carbocycles. The van der Waals surface area contributed by atoms with E-state index >= 15 is 0 Å². The van der Waals surface area contributed by atoms with Crippen LogP contribution in [-0.2, 0) is 17.4 Å². The standard InChI is InChI=1S/C21H25F3N2O3/c1-14(20(27)25-17-8-6-16(7-9-17)21(22,23)24)26(2)12-11-15-5-10-18(28-3)19(13-15)29-4/h5-10,13-14H,11-12H2,1-4H3,(H,25,27)/p+1/t14-/m1/s1. The number of likely N-dealkylation sites (N-methyl/N-ethyl adjacent to an activating group) is 1. The molecule has 2 aromatic carbocycles. The van der Waals surface area contributed by atoms with Gasteiger partial charge in [-0.25, -0.2) is 0 Å². The fourth-order valence-corrected chi connectivity index (χ4v) is 2.81. The van der Waals surface area contributed by atoms with E-state index in [1.165, 1.54) is 12.1 Å². The molecule has 0 aliphatic carbocycles. The Bertz CT molecular complexity index is 823. The molecule has 5 nitrogen and oxygen atoms in total. The van der Waals surface area contributed by atoms with Gasteiger partial charge in [0, 0.05) is 12.1 Å². The van der Waals surface area contributed by atoms with Crippen LogP contribution in [0.15, 0.2) is 42.5 Å². The monoisotopic (exact) mass is 411 g/mol. The van der Waals surface area contributed by atoms with Crippen molar-refractivity contribution >= 4 is 11.6 Å². The fraction of sp³-hybridized carbons (Fsp3) is 0.381. The molecule has 2 rings (SSSR count). The minimum absolute atomic E-state index is 0.255. The van der Waals surface area contributed by atoms with Gasteiger partial charge in [-0.3, -0.25) is 4.79 Å². The molecule has 2 N–H and O–H groups in total. The molecule has 8 heteroatoms. The summed E-state index contributed by atoms with van der Waals surface area (Å²) in [6, 6.07) is 9.73. The van der Waals surface area contributed by atoms with Gasteiger partial charge in [-0.15, -0.1) is 0 Å². The molecule has 29 heavy (non-hydrogen) atoms. The summed E-state index contributed by atoms with van der Waals surface area (Å²) in [6.07, 6.45) is -3.67. The molecule has 158 valence electrons. The van der Waals surface area contributed by atoms with Crippen LogP contribution in [0.1, 0.15) is 18.1 Å². The maximum atomic E-state index is 12.6. The number of anilines is 1. The average Bonchev–Trinajstić information content (AvgIpc) is 2.70. The largest absolute Gasteiger partial charge is 0.493 e. The smallest absolute Gasteiger partial charge is 0.416 e. The van der Waals surface area contributed by atoms with Crippen LogP contribution in [0, 0.1) is 0 Å². The zero-order chi connectivity index (χ0) is 21.6. The number of carbonyl (C=O) groups excluding carboxylic acids is 1. The second-order valence-electron chi connectivity index (χ2n) is 6.82. The SMILES string of the molecule is COc1ccc(CC[NH+](C)[C@H](C)C(=O)Nc2ccc(C(F)(F)F)cc2)cc1OC. The molecule has 0 spiro atoms. The summed E-state index contributed by atoms with van der Waals surface area (Å²) in [4.78, 5) is 13.4. The Morgan fingerprint density at radius 1 is 1.07 bits per heavy atom. The maximum absolute atomic E-state index is 12.6. The third-order valence-electron chi connectivity index (χ3n) is 4.87. The highest BCUT2D eigenvalue weighted by Gasteiger charge is 2.30. The maximum Gasteiger partial charge on any atom is 0.416 e. The molecule has 2 aromatic rings. The molecule has 1 unspecified atom stereocenters. The number of benzene rings is 2. The molecule has 0 radical (unpaired) electrons. The van der Waals surface area contributed by atoms with E-state index in [2.05, 4.69) is 5.32 Å². The number of carbonyl (C=O) groups is 1. The van der Waals surface area contributed by atoms with Crippen LogP contribution in [-0.4, -0.2) is 39.8 Å². The molecule has 0 bridgehead atoms. The van der Waals surface area contributed by atoms with Crippen molar-refractivity contribution in [3.05, 3.63) is 53.6 Å². The molecular weight excluding hydrogens is 385 g/mol. The molecule has 2 atom stereocenters. The summed E-state index contributed by atoms with van der Waals surface area (Å²) in [5, 5.41) is 2.67. The summed E-state index contributed by atoms with van der Waals surface area (Å²) < 4.78 is 48.4. The molecule has 0 heterocycles. The minimum atomic E-state index is -4.40. The van der Waals surface area contributed by atoms with E-state index < -0.39 is 11.7 Å². The Morgan fingerprint density at radius 2 is 1.69 bits per heavy atom. The number of quaternary nitrogens is 1. The van der Waals surface area contributed by atoms with Gasteiger partial charge in [0.2, 0.25) is 0 Å². The number of alkyl halides is 3. The van der Waals surface area contributed by atoms with Crippen molar-refractivity contribution in [3.8, 4) is 11.5 Å². The van der Waals surface area contributed by atoms with Crippen molar-refractivity contribution in [1.29, 1.82) is 0 Å². The highest BCUT2D eigenvalue weighted by Crippen LogP contribution is 2.30. The van der Waals surface area contributed by atoms with E-state index in [0.29, 0.717) is 23.7 Å². The summed E-state index contributed by atoms with van der Waals surface area (Å²) >= 11 is 0. The Hall–Kier alpha value is -2.74. The Balaban J connectivity index is 1.92. The number of methoxy groups -OCH3 is 2. The third kappa shape index (κ3) is 6.12. The first-order valence-electron chi connectivity index (χ1n) is 9.17. The van der Waals surface area contributed by atoms with Gasteiger partial charge < -0.3 is 19.7 Å². The fourth-order valence-electron chi connectivity index (χ4n) is 2.81. The van der Waals surface area contributed by atoms with E-state index in [0.717, 1.165) is 29.0 Å². The van der Waals surface area contributed by atoms with Crippen molar-refractivity contribution < 1.29 is 32.3 Å². The minimum Gasteiger partial charge on any atom is -0.493 e. The van der Waals surface area contributed by atoms with Crippen LogP contribution in [0.4, 0.5) is 18.9 Å². The molecular formula is C21H26F3N2O3+. The second-order valence-corrected chi connectivity index (χ2v) is 6.82. The quantitative estimate of drug-likeness (QED) is 0.703. The van der Waals surface area contributed by atoms with Crippen molar-refractivity contribution in [1.82, 2.24) is 0 Å². The van der Waals surface area contributed by atoms with Gasteiger partial charge in [0.05, 0.1) is 33.4 Å². The number of hydrogen-bond acceptors (Lipinski definition) is 3. The molecule has 0 aliphatic heterocycles. The number of hydrogen-bond donors (Lipinski definition) is 2. The lowest BCUT2D eigenvalue weighted by Gasteiger charge is -2.21. The molecule has 1 amide bonds. The van der Waals surface area contributed by atoms with Gasteiger partial charge in [-0.2, -0.15) is 13.2 Å². The van der Waals surface area contributed by atoms with Crippen LogP contribution in [0.25, 0.3) is 0 Å². The van der Waals surface area contributed by atoms with Crippen molar-refractivity contribution in [2.45, 2.75) is 25.6 Å². The second kappa shape index (κ2) is 9.65. The predicted molar refractivity (Wildman–Crippen MR) is 105 cm³/mol. The summed E-state index contributed by atoms with van der Waals surface area (Å²) in [7, 11) is 5.05. The first-order chi connectivity index (χ1) is 13.7. The van der Waals surface area contributed by atoms with Gasteiger partial charge in [0.25, 0.3) is 5.91 Å². The van der Waals surface area contributed by atoms with Crippen LogP contribution in [0.3, 0.4) is 0 Å². The van der Waals surface area contributed by atoms with Gasteiger partial charge in [0.1, 0.15) is 0 Å². The normalized spacial score (nSPS) is 13.5. The number of halogens is 3. The van der Waals surface area contributed by atoms with Crippen LogP contribution in [0.2, 0.25) is 0 Å². The van der Waals surface area contributed by atoms with Crippen LogP contribution in [0.5, 0.6) is 11.5 Å². The lowest BCUT2D eigenvalue weighted by Crippen LogP contribution is -3.14. The van der Waals surface area contributed by atoms with E-state index in [9.17, 15) is 18.0 Å². The summed E-state index contributed by atoms with van der Waals surface area (Å²) in [5.74, 6) is 1.05. The van der Waals surface area contributed by atoms with Crippen LogP contribution < -0.4 is 19.7 Å². The topological polar surface area (TPSA) is 52.0 Å². The molecule has 0 aliphatic rings. The van der Waals surface area contributed by atoms with E-state index in [4.69, 9.17) is 9.47 Å². The lowest BCUT2D eigenvalue weighted by molar-refractivity contribution is -0.893. The Kier molecular flexibility index (Phi) is 7.50. The third-order valence-corrected chi connectivity index (χ3v) is 4.87. The summed E-state index contributed by atoms with van der Waals surface area (Å²) in [5.41, 5.74) is 0.640. The van der Waals surface area contributed by atoms with Crippen molar-refractivity contribution in [2.75, 3.05) is 33.1 Å². The zero-order valence-corrected chi connectivity index (χ0v) is 16.9. The number of ether oxygens (including phenoxy) is 2. The molecule has 0 aromatic heterocycles. The first kappa shape index (κ1) is 22.5. The molecule has 0 saturated heterocycles. The van der Waals surface area contributed by atoms with Crippen molar-refractivity contribution in [2.24, 2.45) is 0 Å². The Labute approximate surface area is 168 Å². The van der Waals surface area contributed by atoms with E-state index in [1.54, 1.807) is 21.1 Å². The Morgan fingerprint density at radius 3 is 2.24 bits per heavy atom. The van der Waals surface area contributed by atoms with Crippen LogP contribution >= 0.6 is 0 Å². The summed E-state index contributed by atoms with van der Waals surface area (Å²) in [6.45, 7) is 2.47. The van der Waals surface area contributed by atoms with Gasteiger partial charge in [-0.1, -0.05) is 6.07 Å². The van der Waals surface area contributed by atoms with Gasteiger partial charge in [-0.05, 0) is 48.9 Å². The predicted octanol–water partition coefficient (Wildman–Crippen LogP) is 2.81. The van der Waals surface area contributed by atoms with Gasteiger partial charge in [0.15, 0.2) is 17.5 Å². The van der Waals surface area contributed by atoms with E-state index in [1.807, 2.05) is 25.2 Å². The van der Waals surface area contributed by atoms with Gasteiger partial charge >= 0.3 is 6.18 Å². The first-order valence-corrected chi connectivity index (χ1v) is 9.17. The number of rotatable bonds is 8. The number of amides is 1. The lowest BCUT2D eigenvalue weighted by atomic mass is 10.1. The highest BCUT2D eigenvalue weighted by molar-refractivity contribution is 5.93. The highest BCUT2D eigenvalue weighted by atomic mass is 19.4. The average molecular weight is 411 g/mol.